The largest absolute Gasteiger partial charge is 0.385 e. The number of anilines is 1. The van der Waals surface area contributed by atoms with Gasteiger partial charge in [-0.25, -0.2) is 4.98 Å². The molecule has 0 saturated heterocycles. The quantitative estimate of drug-likeness (QED) is 0.863. The lowest BCUT2D eigenvalue weighted by Gasteiger charge is -2.18. The Morgan fingerprint density at radius 1 is 1.42 bits per heavy atom. The zero-order chi connectivity index (χ0) is 13.7. The highest BCUT2D eigenvalue weighted by molar-refractivity contribution is 5.99. The Balaban J connectivity index is 2.14. The van der Waals surface area contributed by atoms with Gasteiger partial charge in [0, 0.05) is 31.7 Å². The van der Waals surface area contributed by atoms with E-state index >= 15 is 0 Å². The predicted molar refractivity (Wildman–Crippen MR) is 75.0 cm³/mol. The molecule has 0 fully saturated rings. The number of carbonyl (C=O) groups excluding carboxylic acids is 1. The molecular weight excluding hydrogens is 240 g/mol. The van der Waals surface area contributed by atoms with Gasteiger partial charge in [0.05, 0.1) is 12.1 Å². The summed E-state index contributed by atoms with van der Waals surface area (Å²) in [6.07, 6.45) is 3.43. The smallest absolute Gasteiger partial charge is 0.256 e. The van der Waals surface area contributed by atoms with Gasteiger partial charge in [0.2, 0.25) is 0 Å². The topological polar surface area (TPSA) is 61.0 Å². The Kier molecular flexibility index (Phi) is 4.18. The molecule has 2 aromatic rings. The van der Waals surface area contributed by atoms with Crippen LogP contribution >= 0.6 is 0 Å². The van der Waals surface area contributed by atoms with Gasteiger partial charge < -0.3 is 15.2 Å². The van der Waals surface area contributed by atoms with Crippen molar-refractivity contribution >= 4 is 11.6 Å². The molecule has 0 atom stereocenters. The van der Waals surface area contributed by atoms with Crippen LogP contribution in [0, 0.1) is 0 Å². The van der Waals surface area contributed by atoms with Crippen LogP contribution in [0.1, 0.15) is 23.1 Å². The highest BCUT2D eigenvalue weighted by Crippen LogP contribution is 2.17. The summed E-state index contributed by atoms with van der Waals surface area (Å²) in [5, 5.41) is 3.20. The van der Waals surface area contributed by atoms with E-state index in [1.807, 2.05) is 31.2 Å². The molecule has 0 aliphatic rings. The molecule has 0 spiro atoms. The maximum absolute atomic E-state index is 12.4. The number of amides is 1. The highest BCUT2D eigenvalue weighted by atomic mass is 16.2. The minimum absolute atomic E-state index is 0.0204. The molecule has 5 heteroatoms. The molecule has 2 N–H and O–H groups in total. The minimum Gasteiger partial charge on any atom is -0.385 e. The molecule has 0 aliphatic carbocycles. The molecule has 1 aromatic heterocycles. The zero-order valence-corrected chi connectivity index (χ0v) is 11.2. The molecular formula is C14H18N4O. The first-order valence-corrected chi connectivity index (χ1v) is 6.29. The van der Waals surface area contributed by atoms with E-state index in [0.717, 1.165) is 18.1 Å². The van der Waals surface area contributed by atoms with Gasteiger partial charge in [-0.3, -0.25) is 4.79 Å². The van der Waals surface area contributed by atoms with Gasteiger partial charge >= 0.3 is 0 Å². The summed E-state index contributed by atoms with van der Waals surface area (Å²) in [7, 11) is 1.77. The number of benzene rings is 1. The number of H-pyrrole nitrogens is 1. The first-order chi connectivity index (χ1) is 9.22. The number of nitrogens with zero attached hydrogens (tertiary/aromatic N) is 2. The van der Waals surface area contributed by atoms with E-state index in [4.69, 9.17) is 0 Å². The van der Waals surface area contributed by atoms with Crippen molar-refractivity contribution < 1.29 is 4.79 Å². The third kappa shape index (κ3) is 3.13. The average Bonchev–Trinajstić information content (AvgIpc) is 2.92. The Morgan fingerprint density at radius 2 is 2.21 bits per heavy atom. The van der Waals surface area contributed by atoms with E-state index in [1.54, 1.807) is 24.3 Å². The van der Waals surface area contributed by atoms with E-state index in [0.29, 0.717) is 12.1 Å². The van der Waals surface area contributed by atoms with Gasteiger partial charge in [-0.2, -0.15) is 0 Å². The zero-order valence-electron chi connectivity index (χ0n) is 11.2. The molecule has 0 bridgehead atoms. The third-order valence-corrected chi connectivity index (χ3v) is 2.81. The van der Waals surface area contributed by atoms with Crippen molar-refractivity contribution in [3.63, 3.8) is 0 Å². The molecule has 5 nitrogen and oxygen atoms in total. The second kappa shape index (κ2) is 6.04. The van der Waals surface area contributed by atoms with Crippen LogP contribution in [0.5, 0.6) is 0 Å². The minimum atomic E-state index is -0.0204. The number of nitrogens with one attached hydrogen (secondary N) is 2. The fraction of sp³-hybridized carbons (Fsp3) is 0.286. The molecule has 19 heavy (non-hydrogen) atoms. The maximum Gasteiger partial charge on any atom is 0.256 e. The van der Waals surface area contributed by atoms with Crippen molar-refractivity contribution in [1.29, 1.82) is 0 Å². The Labute approximate surface area is 112 Å². The first kappa shape index (κ1) is 13.1. The lowest BCUT2D eigenvalue weighted by molar-refractivity contribution is 0.0783. The van der Waals surface area contributed by atoms with Gasteiger partial charge in [-0.15, -0.1) is 0 Å². The molecule has 100 valence electrons. The summed E-state index contributed by atoms with van der Waals surface area (Å²) >= 11 is 0. The van der Waals surface area contributed by atoms with Crippen molar-refractivity contribution in [2.75, 3.05) is 18.9 Å². The number of hydrogen-bond donors (Lipinski definition) is 2. The second-order valence-corrected chi connectivity index (χ2v) is 4.27. The summed E-state index contributed by atoms with van der Waals surface area (Å²) in [6.45, 7) is 3.26. The number of rotatable bonds is 5. The van der Waals surface area contributed by atoms with Crippen LogP contribution in [0.25, 0.3) is 0 Å². The fourth-order valence-corrected chi connectivity index (χ4v) is 1.90. The van der Waals surface area contributed by atoms with Gasteiger partial charge in [0.1, 0.15) is 5.82 Å². The molecule has 0 saturated carbocycles. The fourth-order valence-electron chi connectivity index (χ4n) is 1.90. The number of para-hydroxylation sites is 1. The highest BCUT2D eigenvalue weighted by Gasteiger charge is 2.15. The summed E-state index contributed by atoms with van der Waals surface area (Å²) in [5.74, 6) is 0.754. The lowest BCUT2D eigenvalue weighted by Crippen LogP contribution is -2.27. The molecule has 1 heterocycles. The van der Waals surface area contributed by atoms with Crippen molar-refractivity contribution in [2.45, 2.75) is 13.5 Å². The predicted octanol–water partition coefficient (Wildman–Crippen LogP) is 2.11. The van der Waals surface area contributed by atoms with Crippen molar-refractivity contribution in [2.24, 2.45) is 0 Å². The molecule has 0 unspecified atom stereocenters. The van der Waals surface area contributed by atoms with Crippen molar-refractivity contribution in [3.8, 4) is 0 Å². The van der Waals surface area contributed by atoms with Gasteiger partial charge in [-0.1, -0.05) is 12.1 Å². The molecule has 0 radical (unpaired) electrons. The van der Waals surface area contributed by atoms with E-state index in [9.17, 15) is 4.79 Å². The summed E-state index contributed by atoms with van der Waals surface area (Å²) < 4.78 is 0. The van der Waals surface area contributed by atoms with Crippen LogP contribution < -0.4 is 5.32 Å². The van der Waals surface area contributed by atoms with Gasteiger partial charge in [-0.05, 0) is 19.1 Å². The van der Waals surface area contributed by atoms with Crippen LogP contribution in [0.4, 0.5) is 5.69 Å². The van der Waals surface area contributed by atoms with Crippen LogP contribution in [0.2, 0.25) is 0 Å². The second-order valence-electron chi connectivity index (χ2n) is 4.27. The molecule has 1 aromatic carbocycles. The first-order valence-electron chi connectivity index (χ1n) is 6.29. The molecule has 1 amide bonds. The normalized spacial score (nSPS) is 10.2. The van der Waals surface area contributed by atoms with Crippen LogP contribution in [0.3, 0.4) is 0 Å². The monoisotopic (exact) mass is 258 g/mol. The van der Waals surface area contributed by atoms with Crippen LogP contribution in [-0.4, -0.2) is 34.4 Å². The van der Waals surface area contributed by atoms with Crippen LogP contribution in [0.15, 0.2) is 36.7 Å². The lowest BCUT2D eigenvalue weighted by atomic mass is 10.1. The van der Waals surface area contributed by atoms with Crippen molar-refractivity contribution in [3.05, 3.63) is 48.0 Å². The molecule has 0 aliphatic heterocycles. The number of aromatic nitrogens is 2. The van der Waals surface area contributed by atoms with E-state index in [-0.39, 0.29) is 5.91 Å². The summed E-state index contributed by atoms with van der Waals surface area (Å²) in [6, 6.07) is 7.53. The Morgan fingerprint density at radius 3 is 2.89 bits per heavy atom. The van der Waals surface area contributed by atoms with Gasteiger partial charge in [0.15, 0.2) is 0 Å². The Hall–Kier alpha value is -2.30. The summed E-state index contributed by atoms with van der Waals surface area (Å²) in [5.41, 5.74) is 1.54. The van der Waals surface area contributed by atoms with E-state index in [2.05, 4.69) is 15.3 Å². The van der Waals surface area contributed by atoms with E-state index in [1.165, 1.54) is 0 Å². The van der Waals surface area contributed by atoms with Crippen molar-refractivity contribution in [1.82, 2.24) is 14.9 Å². The number of carbonyl (C=O) groups is 1. The van der Waals surface area contributed by atoms with E-state index < -0.39 is 0 Å². The van der Waals surface area contributed by atoms with Gasteiger partial charge in [0.25, 0.3) is 5.91 Å². The number of aromatic amines is 1. The number of imidazole rings is 1. The SMILES string of the molecule is CCNc1ccccc1C(=O)N(C)Cc1ncc[nH]1. The molecule has 2 rings (SSSR count). The Bertz CT molecular complexity index is 536. The third-order valence-electron chi connectivity index (χ3n) is 2.81. The maximum atomic E-state index is 12.4. The van der Waals surface area contributed by atoms with Crippen LogP contribution in [-0.2, 0) is 6.54 Å². The number of hydrogen-bond acceptors (Lipinski definition) is 3. The standard InChI is InChI=1S/C14H18N4O/c1-3-15-12-7-5-4-6-11(12)14(19)18(2)10-13-16-8-9-17-13/h4-9,15H,3,10H2,1-2H3,(H,16,17). The average molecular weight is 258 g/mol. The summed E-state index contributed by atoms with van der Waals surface area (Å²) in [4.78, 5) is 21.2.